The standard InChI is InChI=1S/C21H28ClN5/c1-21(2,3)20-18(13-24-25-20)15-27(11-6-10-26-12-9-23-16-26)14-17-7-4-5-8-19(17)22/h4-5,7-9,12-13,16H,6,10-11,14-15H2,1-3H3,(H,24,25). The second-order valence-electron chi connectivity index (χ2n) is 7.98. The number of H-pyrrole nitrogens is 1. The quantitative estimate of drug-likeness (QED) is 0.614. The van der Waals surface area contributed by atoms with Gasteiger partial charge in [-0.15, -0.1) is 0 Å². The van der Waals surface area contributed by atoms with Gasteiger partial charge in [0, 0.05) is 60.3 Å². The number of hydrogen-bond acceptors (Lipinski definition) is 3. The van der Waals surface area contributed by atoms with Crippen molar-refractivity contribution in [3.63, 3.8) is 0 Å². The van der Waals surface area contributed by atoms with Crippen molar-refractivity contribution in [2.45, 2.75) is 52.2 Å². The third-order valence-corrected chi connectivity index (χ3v) is 5.03. The fourth-order valence-electron chi connectivity index (χ4n) is 3.30. The highest BCUT2D eigenvalue weighted by Crippen LogP contribution is 2.25. The molecule has 0 radical (unpaired) electrons. The molecule has 27 heavy (non-hydrogen) atoms. The van der Waals surface area contributed by atoms with Crippen LogP contribution in [0.25, 0.3) is 0 Å². The van der Waals surface area contributed by atoms with Crippen LogP contribution >= 0.6 is 11.6 Å². The fourth-order valence-corrected chi connectivity index (χ4v) is 3.49. The number of imidazole rings is 1. The summed E-state index contributed by atoms with van der Waals surface area (Å²) in [4.78, 5) is 6.56. The Balaban J connectivity index is 1.72. The Kier molecular flexibility index (Phi) is 6.34. The lowest BCUT2D eigenvalue weighted by molar-refractivity contribution is 0.247. The molecule has 2 heterocycles. The normalized spacial score (nSPS) is 12.0. The van der Waals surface area contributed by atoms with Gasteiger partial charge in [-0.25, -0.2) is 4.98 Å². The zero-order valence-electron chi connectivity index (χ0n) is 16.3. The number of hydrogen-bond donors (Lipinski definition) is 1. The van der Waals surface area contributed by atoms with Crippen LogP contribution in [0.15, 0.2) is 49.2 Å². The minimum Gasteiger partial charge on any atom is -0.337 e. The first-order valence-corrected chi connectivity index (χ1v) is 9.75. The molecule has 0 amide bonds. The van der Waals surface area contributed by atoms with Crippen molar-refractivity contribution >= 4 is 11.6 Å². The molecule has 2 aromatic heterocycles. The molecular formula is C21H28ClN5. The maximum absolute atomic E-state index is 6.41. The van der Waals surface area contributed by atoms with Crippen LogP contribution in [-0.2, 0) is 25.0 Å². The van der Waals surface area contributed by atoms with E-state index in [0.29, 0.717) is 0 Å². The Morgan fingerprint density at radius 2 is 1.93 bits per heavy atom. The van der Waals surface area contributed by atoms with E-state index in [0.717, 1.165) is 43.2 Å². The molecule has 144 valence electrons. The van der Waals surface area contributed by atoms with E-state index in [1.165, 1.54) is 11.3 Å². The molecule has 0 saturated heterocycles. The van der Waals surface area contributed by atoms with Gasteiger partial charge in [0.25, 0.3) is 0 Å². The van der Waals surface area contributed by atoms with Gasteiger partial charge < -0.3 is 4.57 Å². The lowest BCUT2D eigenvalue weighted by atomic mass is 9.89. The Hall–Kier alpha value is -2.11. The molecule has 1 N–H and O–H groups in total. The van der Waals surface area contributed by atoms with Crippen molar-refractivity contribution in [1.29, 1.82) is 0 Å². The summed E-state index contributed by atoms with van der Waals surface area (Å²) in [6.07, 6.45) is 8.69. The van der Waals surface area contributed by atoms with E-state index >= 15 is 0 Å². The average Bonchev–Trinajstić information content (AvgIpc) is 3.28. The molecule has 1 aromatic carbocycles. The van der Waals surface area contributed by atoms with Gasteiger partial charge in [0.1, 0.15) is 0 Å². The van der Waals surface area contributed by atoms with Crippen LogP contribution in [0.4, 0.5) is 0 Å². The lowest BCUT2D eigenvalue weighted by Crippen LogP contribution is -2.26. The zero-order valence-corrected chi connectivity index (χ0v) is 17.1. The molecule has 0 bridgehead atoms. The maximum Gasteiger partial charge on any atom is 0.0945 e. The molecule has 0 aliphatic carbocycles. The Morgan fingerprint density at radius 1 is 1.15 bits per heavy atom. The summed E-state index contributed by atoms with van der Waals surface area (Å²) in [6.45, 7) is 10.2. The van der Waals surface area contributed by atoms with Gasteiger partial charge >= 0.3 is 0 Å². The number of rotatable bonds is 8. The highest BCUT2D eigenvalue weighted by Gasteiger charge is 2.21. The van der Waals surface area contributed by atoms with Gasteiger partial charge in [0.05, 0.1) is 12.5 Å². The Morgan fingerprint density at radius 3 is 2.63 bits per heavy atom. The van der Waals surface area contributed by atoms with Crippen LogP contribution in [0.5, 0.6) is 0 Å². The first-order valence-electron chi connectivity index (χ1n) is 9.37. The second-order valence-corrected chi connectivity index (χ2v) is 8.38. The number of halogens is 1. The van der Waals surface area contributed by atoms with Gasteiger partial charge in [0.15, 0.2) is 0 Å². The second kappa shape index (κ2) is 8.72. The van der Waals surface area contributed by atoms with Crippen molar-refractivity contribution in [1.82, 2.24) is 24.6 Å². The Bertz CT molecular complexity index is 832. The number of aromatic nitrogens is 4. The molecule has 6 heteroatoms. The Labute approximate surface area is 166 Å². The molecule has 0 fully saturated rings. The SMILES string of the molecule is CC(C)(C)c1[nH]ncc1CN(CCCn1ccnc1)Cc1ccccc1Cl. The zero-order chi connectivity index (χ0) is 19.3. The largest absolute Gasteiger partial charge is 0.337 e. The fraction of sp³-hybridized carbons (Fsp3) is 0.429. The van der Waals surface area contributed by atoms with Crippen molar-refractivity contribution in [3.8, 4) is 0 Å². The first-order chi connectivity index (χ1) is 12.9. The molecule has 0 saturated carbocycles. The van der Waals surface area contributed by atoms with Crippen molar-refractivity contribution < 1.29 is 0 Å². The highest BCUT2D eigenvalue weighted by atomic mass is 35.5. The minimum absolute atomic E-state index is 0.0404. The molecule has 0 aliphatic rings. The third kappa shape index (κ3) is 5.44. The predicted octanol–water partition coefficient (Wildman–Crippen LogP) is 4.65. The summed E-state index contributed by atoms with van der Waals surface area (Å²) in [5, 5.41) is 8.31. The average molecular weight is 386 g/mol. The molecule has 0 unspecified atom stereocenters. The summed E-state index contributed by atoms with van der Waals surface area (Å²) in [7, 11) is 0. The summed E-state index contributed by atoms with van der Waals surface area (Å²) in [6, 6.07) is 8.08. The van der Waals surface area contributed by atoms with Gasteiger partial charge in [-0.3, -0.25) is 10.00 Å². The van der Waals surface area contributed by atoms with Crippen LogP contribution in [0.3, 0.4) is 0 Å². The van der Waals surface area contributed by atoms with Crippen molar-refractivity contribution in [2.75, 3.05) is 6.54 Å². The first kappa shape index (κ1) is 19.6. The molecule has 5 nitrogen and oxygen atoms in total. The lowest BCUT2D eigenvalue weighted by Gasteiger charge is -2.25. The van der Waals surface area contributed by atoms with Gasteiger partial charge in [-0.1, -0.05) is 50.6 Å². The van der Waals surface area contributed by atoms with E-state index in [2.05, 4.69) is 51.5 Å². The summed E-state index contributed by atoms with van der Waals surface area (Å²) in [5.41, 5.74) is 3.64. The van der Waals surface area contributed by atoms with Gasteiger partial charge in [-0.2, -0.15) is 5.10 Å². The number of nitrogens with one attached hydrogen (secondary N) is 1. The van der Waals surface area contributed by atoms with Crippen molar-refractivity contribution in [3.05, 3.63) is 71.0 Å². The van der Waals surface area contributed by atoms with E-state index in [-0.39, 0.29) is 5.41 Å². The highest BCUT2D eigenvalue weighted by molar-refractivity contribution is 6.31. The van der Waals surface area contributed by atoms with Crippen LogP contribution in [0.1, 0.15) is 44.0 Å². The summed E-state index contributed by atoms with van der Waals surface area (Å²) >= 11 is 6.41. The molecule has 3 aromatic rings. The molecule has 0 spiro atoms. The summed E-state index contributed by atoms with van der Waals surface area (Å²) in [5.74, 6) is 0. The van der Waals surface area contributed by atoms with Crippen molar-refractivity contribution in [2.24, 2.45) is 0 Å². The van der Waals surface area contributed by atoms with Crippen LogP contribution in [0.2, 0.25) is 5.02 Å². The number of nitrogens with zero attached hydrogens (tertiary/aromatic N) is 4. The van der Waals surface area contributed by atoms with Crippen LogP contribution in [-0.4, -0.2) is 31.2 Å². The number of aromatic amines is 1. The smallest absolute Gasteiger partial charge is 0.0945 e. The molecule has 3 rings (SSSR count). The summed E-state index contributed by atoms with van der Waals surface area (Å²) < 4.78 is 2.12. The minimum atomic E-state index is 0.0404. The molecule has 0 aliphatic heterocycles. The van der Waals surface area contributed by atoms with E-state index in [1.54, 1.807) is 0 Å². The van der Waals surface area contributed by atoms with E-state index in [1.807, 2.05) is 43.1 Å². The van der Waals surface area contributed by atoms with Gasteiger partial charge in [-0.05, 0) is 18.1 Å². The number of benzene rings is 1. The topological polar surface area (TPSA) is 49.7 Å². The van der Waals surface area contributed by atoms with Crippen LogP contribution < -0.4 is 0 Å². The van der Waals surface area contributed by atoms with E-state index in [4.69, 9.17) is 11.6 Å². The molecular weight excluding hydrogens is 358 g/mol. The number of aryl methyl sites for hydroxylation is 1. The van der Waals surface area contributed by atoms with Crippen LogP contribution in [0, 0.1) is 0 Å². The van der Waals surface area contributed by atoms with E-state index in [9.17, 15) is 0 Å². The monoisotopic (exact) mass is 385 g/mol. The predicted molar refractivity (Wildman–Crippen MR) is 110 cm³/mol. The molecule has 0 atom stereocenters. The van der Waals surface area contributed by atoms with E-state index < -0.39 is 0 Å². The van der Waals surface area contributed by atoms with Gasteiger partial charge in [0.2, 0.25) is 0 Å². The third-order valence-electron chi connectivity index (χ3n) is 4.66. The maximum atomic E-state index is 6.41.